The van der Waals surface area contributed by atoms with Gasteiger partial charge in [-0.05, 0) is 197 Å². The van der Waals surface area contributed by atoms with E-state index < -0.39 is 11.0 Å². The Hall–Kier alpha value is -2.54. The summed E-state index contributed by atoms with van der Waals surface area (Å²) in [5.74, 6) is 1.97. The van der Waals surface area contributed by atoms with E-state index >= 15 is 4.79 Å². The molecule has 1 aromatic rings. The Kier molecular flexibility index (Phi) is 13.3. The second kappa shape index (κ2) is 17.4. The highest BCUT2D eigenvalue weighted by molar-refractivity contribution is 6.30. The highest BCUT2D eigenvalue weighted by Crippen LogP contribution is 2.77. The normalized spacial score (nSPS) is 34.4. The Bertz CT molecular complexity index is 1980. The van der Waals surface area contributed by atoms with Crippen LogP contribution in [-0.4, -0.2) is 66.7 Å². The van der Waals surface area contributed by atoms with Crippen LogP contribution in [0.25, 0.3) is 0 Å². The molecule has 0 aliphatic heterocycles. The Morgan fingerprint density at radius 2 is 1.58 bits per heavy atom. The molecule has 0 N–H and O–H groups in total. The molecule has 6 nitrogen and oxygen atoms in total. The average Bonchev–Trinajstić information content (AvgIpc) is 3.50. The Morgan fingerprint density at radius 3 is 2.21 bits per heavy atom. The minimum atomic E-state index is -0.642. The SMILES string of the molecule is CC(C)C1=C2C3CCC4[C@@]5(C)CC=C(C6=CC[C@H](C(=O)OC(C)(C)C)CC6)C(C)(C)C5CC[C@@]4(C)[C@]3(C)CC[C@@]2(C(=O)CCCN(CCN(C)C)Cc2ccc(Cl)cc2)CC1=O. The van der Waals surface area contributed by atoms with Crippen LogP contribution in [0.4, 0.5) is 0 Å². The topological polar surface area (TPSA) is 66.9 Å². The van der Waals surface area contributed by atoms with Crippen molar-refractivity contribution in [2.75, 3.05) is 33.7 Å². The molecule has 8 atom stereocenters. The van der Waals surface area contributed by atoms with Crippen molar-refractivity contribution >= 4 is 29.1 Å². The van der Waals surface area contributed by atoms with Gasteiger partial charge >= 0.3 is 5.97 Å². The molecule has 0 saturated heterocycles. The van der Waals surface area contributed by atoms with Crippen LogP contribution in [0.2, 0.25) is 5.02 Å². The van der Waals surface area contributed by atoms with Crippen LogP contribution in [0.3, 0.4) is 0 Å². The summed E-state index contributed by atoms with van der Waals surface area (Å²) in [4.78, 5) is 47.0. The molecule has 0 aromatic heterocycles. The fourth-order valence-electron chi connectivity index (χ4n) is 15.0. The number of likely N-dealkylation sites (N-methyl/N-ethyl adjacent to an activating group) is 1. The van der Waals surface area contributed by atoms with E-state index in [-0.39, 0.29) is 51.2 Å². The smallest absolute Gasteiger partial charge is 0.309 e. The molecule has 0 spiro atoms. The molecule has 0 amide bonds. The number of halogens is 1. The second-order valence-corrected chi connectivity index (χ2v) is 24.2. The van der Waals surface area contributed by atoms with Crippen molar-refractivity contribution in [2.24, 2.45) is 56.7 Å². The van der Waals surface area contributed by atoms with E-state index in [4.69, 9.17) is 16.3 Å². The summed E-state index contributed by atoms with van der Waals surface area (Å²) in [6, 6.07) is 8.13. The van der Waals surface area contributed by atoms with E-state index in [2.05, 4.69) is 96.6 Å². The monoisotopic (exact) mass is 869 g/mol. The van der Waals surface area contributed by atoms with Gasteiger partial charge in [0, 0.05) is 37.5 Å². The average molecular weight is 870 g/mol. The van der Waals surface area contributed by atoms with Crippen LogP contribution >= 0.6 is 11.6 Å². The number of Topliss-reactive ketones (excluding diaryl/α,β-unsaturated/α-hetero) is 2. The fourth-order valence-corrected chi connectivity index (χ4v) is 15.1. The van der Waals surface area contributed by atoms with Crippen LogP contribution in [-0.2, 0) is 25.7 Å². The van der Waals surface area contributed by atoms with Gasteiger partial charge in [-0.1, -0.05) is 84.4 Å². The van der Waals surface area contributed by atoms with Gasteiger partial charge < -0.3 is 9.64 Å². The first-order chi connectivity index (χ1) is 29.0. The molecule has 3 unspecified atom stereocenters. The Balaban J connectivity index is 1.11. The predicted molar refractivity (Wildman–Crippen MR) is 254 cm³/mol. The predicted octanol–water partition coefficient (Wildman–Crippen LogP) is 12.6. The summed E-state index contributed by atoms with van der Waals surface area (Å²) in [7, 11) is 4.23. The molecule has 7 rings (SSSR count). The molecular formula is C55H81ClN2O4. The number of esters is 1. The Labute approximate surface area is 381 Å². The van der Waals surface area contributed by atoms with Crippen molar-refractivity contribution in [1.29, 1.82) is 0 Å². The van der Waals surface area contributed by atoms with E-state index in [0.717, 1.165) is 94.6 Å². The Morgan fingerprint density at radius 1 is 0.871 bits per heavy atom. The van der Waals surface area contributed by atoms with Crippen LogP contribution in [0.15, 0.2) is 58.7 Å². The molecule has 3 saturated carbocycles. The third-order valence-corrected chi connectivity index (χ3v) is 18.4. The molecule has 0 radical (unpaired) electrons. The van der Waals surface area contributed by atoms with Crippen molar-refractivity contribution in [3.8, 4) is 0 Å². The number of carbonyl (C=O) groups is 3. The second-order valence-electron chi connectivity index (χ2n) is 23.8. The summed E-state index contributed by atoms with van der Waals surface area (Å²) in [5.41, 5.74) is 5.73. The number of hydrogen-bond acceptors (Lipinski definition) is 6. The molecule has 0 bridgehead atoms. The van der Waals surface area contributed by atoms with Gasteiger partial charge in [0.25, 0.3) is 0 Å². The number of fused-ring (bicyclic) bond motifs is 7. The van der Waals surface area contributed by atoms with E-state index in [1.165, 1.54) is 35.1 Å². The summed E-state index contributed by atoms with van der Waals surface area (Å²) < 4.78 is 5.78. The van der Waals surface area contributed by atoms with Gasteiger partial charge in [-0.15, -0.1) is 0 Å². The first-order valence-corrected chi connectivity index (χ1v) is 24.9. The maximum atomic E-state index is 15.0. The fraction of sp³-hybridized carbons (Fsp3) is 0.727. The lowest BCUT2D eigenvalue weighted by molar-refractivity contribution is -0.199. The molecule has 7 heteroatoms. The van der Waals surface area contributed by atoms with E-state index in [1.807, 2.05) is 32.9 Å². The number of ether oxygens (including phenoxy) is 1. The number of ketones is 2. The number of allylic oxidation sites excluding steroid dienone is 6. The van der Waals surface area contributed by atoms with E-state index in [0.29, 0.717) is 30.5 Å². The van der Waals surface area contributed by atoms with Gasteiger partial charge in [0.05, 0.1) is 11.3 Å². The molecule has 0 heterocycles. The van der Waals surface area contributed by atoms with Crippen LogP contribution in [0, 0.1) is 56.7 Å². The number of carbonyl (C=O) groups excluding carboxylic acids is 3. The highest BCUT2D eigenvalue weighted by Gasteiger charge is 2.70. The molecule has 1 aromatic carbocycles. The third kappa shape index (κ3) is 8.42. The zero-order valence-corrected chi connectivity index (χ0v) is 41.5. The standard InChI is InChI=1S/C55H81ClN2O4/c1-36(2)47-43(59)34-55(46(60)14-13-31-58(33-32-57(11)12)35-37-15-21-40(56)22-16-37)30-29-53(9)42(48(47)55)23-24-45-52(8)27-25-41(51(6,7)44(52)26-28-54(45,53)10)38-17-19-39(20-18-38)49(61)62-50(3,4)5/h15-17,21-22,25,36,39,42,44-45H,13-14,18-20,23-24,26-35H2,1-12H3/t39-,42?,44?,45?,52-,53+,54+,55-/m0/s1. The van der Waals surface area contributed by atoms with Gasteiger partial charge in [-0.3, -0.25) is 19.3 Å². The molecule has 3 fully saturated rings. The molecule has 62 heavy (non-hydrogen) atoms. The van der Waals surface area contributed by atoms with E-state index in [9.17, 15) is 9.59 Å². The van der Waals surface area contributed by atoms with Gasteiger partial charge in [0.15, 0.2) is 5.78 Å². The lowest BCUT2D eigenvalue weighted by Gasteiger charge is -2.71. The molecule has 6 aliphatic rings. The van der Waals surface area contributed by atoms with Gasteiger partial charge in [-0.25, -0.2) is 0 Å². The maximum absolute atomic E-state index is 15.0. The van der Waals surface area contributed by atoms with Crippen LogP contribution in [0.5, 0.6) is 0 Å². The molecule has 6 aliphatic carbocycles. The highest BCUT2D eigenvalue weighted by atomic mass is 35.5. The maximum Gasteiger partial charge on any atom is 0.309 e. The van der Waals surface area contributed by atoms with Crippen molar-refractivity contribution in [1.82, 2.24) is 9.80 Å². The summed E-state index contributed by atoms with van der Waals surface area (Å²) >= 11 is 6.21. The number of nitrogens with zero attached hydrogens (tertiary/aromatic N) is 2. The van der Waals surface area contributed by atoms with Crippen molar-refractivity contribution in [2.45, 2.75) is 165 Å². The van der Waals surface area contributed by atoms with Gasteiger partial charge in [-0.2, -0.15) is 0 Å². The van der Waals surface area contributed by atoms with Crippen LogP contribution < -0.4 is 0 Å². The van der Waals surface area contributed by atoms with Crippen molar-refractivity contribution < 1.29 is 19.1 Å². The minimum absolute atomic E-state index is 0.0199. The zero-order valence-electron chi connectivity index (χ0n) is 40.8. The van der Waals surface area contributed by atoms with Crippen molar-refractivity contribution in [3.05, 3.63) is 69.3 Å². The first kappa shape index (κ1) is 47.4. The number of benzene rings is 1. The largest absolute Gasteiger partial charge is 0.460 e. The van der Waals surface area contributed by atoms with Crippen molar-refractivity contribution in [3.63, 3.8) is 0 Å². The lowest BCUT2D eigenvalue weighted by Crippen LogP contribution is -2.64. The summed E-state index contributed by atoms with van der Waals surface area (Å²) in [5, 5.41) is 0.747. The van der Waals surface area contributed by atoms with E-state index in [1.54, 1.807) is 0 Å². The minimum Gasteiger partial charge on any atom is -0.460 e. The summed E-state index contributed by atoms with van der Waals surface area (Å²) in [6.07, 6.45) is 16.8. The third-order valence-electron chi connectivity index (χ3n) is 18.1. The number of rotatable bonds is 13. The zero-order chi connectivity index (χ0) is 45.2. The van der Waals surface area contributed by atoms with Gasteiger partial charge in [0.2, 0.25) is 0 Å². The van der Waals surface area contributed by atoms with Gasteiger partial charge in [0.1, 0.15) is 11.4 Å². The molecular weight excluding hydrogens is 788 g/mol. The molecule has 342 valence electrons. The van der Waals surface area contributed by atoms with Crippen LogP contribution in [0.1, 0.15) is 158 Å². The first-order valence-electron chi connectivity index (χ1n) is 24.5. The lowest BCUT2D eigenvalue weighted by atomic mass is 9.33. The number of hydrogen-bond donors (Lipinski definition) is 0. The quantitative estimate of drug-likeness (QED) is 0.184. The summed E-state index contributed by atoms with van der Waals surface area (Å²) in [6.45, 7) is 26.7.